The topological polar surface area (TPSA) is 135 Å². The SMILES string of the molecule is COc1nc(-c2cccc(-c3cccc(-c4cnc5c(CNC[C@H]6CCC(=O)N6)c(C)nn5c4)c3Cl)c2Cl)ccc1CNC[C@H]1CCC(=O)N1. The van der Waals surface area contributed by atoms with E-state index < -0.39 is 0 Å². The molecule has 50 heavy (non-hydrogen) atoms. The predicted octanol–water partition coefficient (Wildman–Crippen LogP) is 5.49. The van der Waals surface area contributed by atoms with Gasteiger partial charge in [-0.05, 0) is 25.8 Å². The number of nitrogens with one attached hydrogen (secondary N) is 4. The number of pyridine rings is 1. The Hall–Kier alpha value is -4.55. The number of hydrogen-bond donors (Lipinski definition) is 4. The number of fused-ring (bicyclic) bond motifs is 1. The normalized spacial score (nSPS) is 17.4. The van der Waals surface area contributed by atoms with Crippen LogP contribution >= 0.6 is 23.2 Å². The van der Waals surface area contributed by atoms with Crippen molar-refractivity contribution in [3.8, 4) is 39.4 Å². The number of benzene rings is 2. The molecule has 5 aromatic rings. The molecule has 11 nitrogen and oxygen atoms in total. The van der Waals surface area contributed by atoms with Crippen LogP contribution < -0.4 is 26.0 Å². The summed E-state index contributed by atoms with van der Waals surface area (Å²) in [5, 5.41) is 18.6. The molecule has 2 saturated heterocycles. The van der Waals surface area contributed by atoms with Crippen LogP contribution in [-0.2, 0) is 22.7 Å². The van der Waals surface area contributed by atoms with Crippen molar-refractivity contribution < 1.29 is 14.3 Å². The summed E-state index contributed by atoms with van der Waals surface area (Å²) in [6.07, 6.45) is 6.59. The van der Waals surface area contributed by atoms with E-state index in [1.165, 1.54) is 0 Å². The first-order chi connectivity index (χ1) is 24.3. The second-order valence-electron chi connectivity index (χ2n) is 12.7. The molecule has 13 heteroatoms. The summed E-state index contributed by atoms with van der Waals surface area (Å²) < 4.78 is 7.45. The zero-order chi connectivity index (χ0) is 34.8. The molecule has 2 aromatic carbocycles. The number of nitrogens with zero attached hydrogens (tertiary/aromatic N) is 4. The van der Waals surface area contributed by atoms with Gasteiger partial charge in [0.25, 0.3) is 0 Å². The van der Waals surface area contributed by atoms with Crippen molar-refractivity contribution in [2.45, 2.75) is 57.8 Å². The maximum Gasteiger partial charge on any atom is 0.220 e. The fourth-order valence-corrected chi connectivity index (χ4v) is 7.34. The van der Waals surface area contributed by atoms with E-state index in [4.69, 9.17) is 43.0 Å². The quantitative estimate of drug-likeness (QED) is 0.134. The average Bonchev–Trinajstić information content (AvgIpc) is 3.82. The van der Waals surface area contributed by atoms with E-state index in [2.05, 4.69) is 21.3 Å². The van der Waals surface area contributed by atoms with Crippen LogP contribution in [0.3, 0.4) is 0 Å². The summed E-state index contributed by atoms with van der Waals surface area (Å²) in [4.78, 5) is 32.6. The Morgan fingerprint density at radius 3 is 2.12 bits per heavy atom. The molecule has 2 amide bonds. The van der Waals surface area contributed by atoms with Crippen molar-refractivity contribution in [1.82, 2.24) is 40.8 Å². The third kappa shape index (κ3) is 7.04. The molecule has 2 fully saturated rings. The van der Waals surface area contributed by atoms with Gasteiger partial charge in [0.05, 0.1) is 28.5 Å². The molecule has 3 aromatic heterocycles. The first-order valence-electron chi connectivity index (χ1n) is 16.7. The van der Waals surface area contributed by atoms with Crippen LogP contribution in [0.5, 0.6) is 5.88 Å². The van der Waals surface area contributed by atoms with Crippen molar-refractivity contribution in [3.05, 3.63) is 87.8 Å². The highest BCUT2D eigenvalue weighted by molar-refractivity contribution is 6.39. The Labute approximate surface area is 300 Å². The molecule has 2 atom stereocenters. The van der Waals surface area contributed by atoms with Crippen LogP contribution in [0.1, 0.15) is 42.5 Å². The van der Waals surface area contributed by atoms with Gasteiger partial charge < -0.3 is 26.0 Å². The van der Waals surface area contributed by atoms with Crippen LogP contribution in [0.2, 0.25) is 10.0 Å². The number of halogens is 2. The minimum atomic E-state index is 0.0996. The van der Waals surface area contributed by atoms with E-state index in [0.29, 0.717) is 60.6 Å². The zero-order valence-electron chi connectivity index (χ0n) is 27.9. The van der Waals surface area contributed by atoms with Gasteiger partial charge in [-0.15, -0.1) is 0 Å². The minimum Gasteiger partial charge on any atom is -0.481 e. The van der Waals surface area contributed by atoms with Crippen molar-refractivity contribution in [2.75, 3.05) is 20.2 Å². The van der Waals surface area contributed by atoms with E-state index in [1.807, 2.05) is 67.8 Å². The number of methoxy groups -OCH3 is 1. The summed E-state index contributed by atoms with van der Waals surface area (Å²) in [6.45, 7) is 4.50. The second-order valence-corrected chi connectivity index (χ2v) is 13.5. The lowest BCUT2D eigenvalue weighted by Crippen LogP contribution is -2.35. The number of aromatic nitrogens is 4. The highest BCUT2D eigenvalue weighted by Gasteiger charge is 2.22. The molecular formula is C37H38Cl2N8O3. The van der Waals surface area contributed by atoms with Gasteiger partial charge in [0, 0.05) is 102 Å². The summed E-state index contributed by atoms with van der Waals surface area (Å²) in [5.41, 5.74) is 8.18. The number of hydrogen-bond acceptors (Lipinski definition) is 8. The van der Waals surface area contributed by atoms with Crippen LogP contribution in [0.15, 0.2) is 60.9 Å². The second kappa shape index (κ2) is 14.7. The zero-order valence-corrected chi connectivity index (χ0v) is 29.4. The molecule has 7 rings (SSSR count). The van der Waals surface area contributed by atoms with Crippen molar-refractivity contribution in [2.24, 2.45) is 0 Å². The summed E-state index contributed by atoms with van der Waals surface area (Å²) >= 11 is 14.2. The van der Waals surface area contributed by atoms with Crippen LogP contribution in [-0.4, -0.2) is 63.7 Å². The highest BCUT2D eigenvalue weighted by atomic mass is 35.5. The summed E-state index contributed by atoms with van der Waals surface area (Å²) in [6, 6.07) is 15.9. The third-order valence-electron chi connectivity index (χ3n) is 9.34. The summed E-state index contributed by atoms with van der Waals surface area (Å²) in [7, 11) is 1.60. The van der Waals surface area contributed by atoms with Crippen LogP contribution in [0, 0.1) is 6.92 Å². The van der Waals surface area contributed by atoms with Gasteiger partial charge in [-0.25, -0.2) is 14.5 Å². The lowest BCUT2D eigenvalue weighted by molar-refractivity contribution is -0.120. The first-order valence-corrected chi connectivity index (χ1v) is 17.5. The molecule has 0 spiro atoms. The summed E-state index contributed by atoms with van der Waals surface area (Å²) in [5.74, 6) is 0.712. The molecule has 0 bridgehead atoms. The number of aryl methyl sites for hydroxylation is 1. The van der Waals surface area contributed by atoms with E-state index in [1.54, 1.807) is 11.6 Å². The van der Waals surface area contributed by atoms with Crippen molar-refractivity contribution in [3.63, 3.8) is 0 Å². The van der Waals surface area contributed by atoms with E-state index in [0.717, 1.165) is 63.1 Å². The van der Waals surface area contributed by atoms with Gasteiger partial charge in [0.1, 0.15) is 0 Å². The fourth-order valence-electron chi connectivity index (χ4n) is 6.68. The molecule has 5 heterocycles. The number of amides is 2. The average molecular weight is 714 g/mol. The Morgan fingerprint density at radius 2 is 1.48 bits per heavy atom. The fraction of sp³-hybridized carbons (Fsp3) is 0.324. The van der Waals surface area contributed by atoms with Crippen molar-refractivity contribution in [1.29, 1.82) is 0 Å². The monoisotopic (exact) mass is 712 g/mol. The third-order valence-corrected chi connectivity index (χ3v) is 10.2. The minimum absolute atomic E-state index is 0.0996. The lowest BCUT2D eigenvalue weighted by atomic mass is 9.97. The lowest BCUT2D eigenvalue weighted by Gasteiger charge is -2.15. The van der Waals surface area contributed by atoms with E-state index in [9.17, 15) is 9.59 Å². The van der Waals surface area contributed by atoms with Crippen LogP contribution in [0.25, 0.3) is 39.2 Å². The molecule has 0 unspecified atom stereocenters. The number of rotatable bonds is 12. The van der Waals surface area contributed by atoms with Gasteiger partial charge in [0.2, 0.25) is 17.7 Å². The molecule has 2 aliphatic rings. The maximum atomic E-state index is 11.5. The van der Waals surface area contributed by atoms with Crippen molar-refractivity contribution >= 4 is 40.7 Å². The number of ether oxygens (including phenoxy) is 1. The van der Waals surface area contributed by atoms with Gasteiger partial charge in [0.15, 0.2) is 5.65 Å². The predicted molar refractivity (Wildman–Crippen MR) is 194 cm³/mol. The largest absolute Gasteiger partial charge is 0.481 e. The Bertz CT molecular complexity index is 2080. The van der Waals surface area contributed by atoms with Gasteiger partial charge in [-0.1, -0.05) is 65.7 Å². The Morgan fingerprint density at radius 1 is 0.860 bits per heavy atom. The van der Waals surface area contributed by atoms with Gasteiger partial charge in [-0.3, -0.25) is 9.59 Å². The first kappa shape index (κ1) is 33.9. The molecule has 4 N–H and O–H groups in total. The highest BCUT2D eigenvalue weighted by Crippen LogP contribution is 2.42. The van der Waals surface area contributed by atoms with E-state index in [-0.39, 0.29) is 23.9 Å². The molecule has 258 valence electrons. The maximum absolute atomic E-state index is 11.5. The Balaban J connectivity index is 1.11. The smallest absolute Gasteiger partial charge is 0.220 e. The Kier molecular flexibility index (Phi) is 10.0. The van der Waals surface area contributed by atoms with E-state index >= 15 is 0 Å². The molecular weight excluding hydrogens is 675 g/mol. The van der Waals surface area contributed by atoms with Gasteiger partial charge in [-0.2, -0.15) is 5.10 Å². The standard InChI is InChI=1S/C37H38Cl2N8O3/c1-21-30(19-41-18-25-11-14-33(49)44-25)36-42-16-23(20-47(36)46-21)26-5-3-6-27(34(26)38)28-7-4-8-29(35(28)39)31-12-9-22(37(45-31)50-2)15-40-17-24-10-13-32(48)43-24/h3-9,12,16,20,24-25,40-41H,10-11,13-15,17-19H2,1-2H3,(H,43,48)(H,44,49)/t24-,25-/m1/s1. The molecule has 0 radical (unpaired) electrons. The molecule has 2 aliphatic heterocycles. The van der Waals surface area contributed by atoms with Gasteiger partial charge >= 0.3 is 0 Å². The van der Waals surface area contributed by atoms with Crippen LogP contribution in [0.4, 0.5) is 0 Å². The molecule has 0 aliphatic carbocycles. The molecule has 0 saturated carbocycles. The number of carbonyl (C=O) groups is 2. The number of carbonyl (C=O) groups excluding carboxylic acids is 2.